The molecule has 0 saturated carbocycles. The van der Waals surface area contributed by atoms with Crippen molar-refractivity contribution in [1.82, 2.24) is 14.9 Å². The molecule has 0 radical (unpaired) electrons. The molecule has 0 aliphatic carbocycles. The highest BCUT2D eigenvalue weighted by Gasteiger charge is 2.26. The fraction of sp³-hybridized carbons (Fsp3) is 0.429. The van der Waals surface area contributed by atoms with Crippen molar-refractivity contribution < 1.29 is 9.59 Å². The maximum absolute atomic E-state index is 13.3. The summed E-state index contributed by atoms with van der Waals surface area (Å²) in [4.78, 5) is 39.6. The van der Waals surface area contributed by atoms with Gasteiger partial charge in [0.25, 0.3) is 5.91 Å². The molecule has 4 rings (SSSR count). The van der Waals surface area contributed by atoms with Crippen LogP contribution in [0.25, 0.3) is 0 Å². The number of hydrogen-bond acceptors (Lipinski definition) is 5. The van der Waals surface area contributed by atoms with E-state index in [9.17, 15) is 9.59 Å². The van der Waals surface area contributed by atoms with Crippen LogP contribution in [0.1, 0.15) is 35.1 Å². The number of aryl methyl sites for hydroxylation is 2. The van der Waals surface area contributed by atoms with Gasteiger partial charge >= 0.3 is 0 Å². The van der Waals surface area contributed by atoms with Crippen molar-refractivity contribution >= 4 is 23.5 Å². The lowest BCUT2D eigenvalue weighted by atomic mass is 10.0. The van der Waals surface area contributed by atoms with Gasteiger partial charge < -0.3 is 14.7 Å². The molecule has 0 spiro atoms. The molecule has 3 heterocycles. The van der Waals surface area contributed by atoms with Crippen LogP contribution in [0, 0.1) is 6.92 Å². The van der Waals surface area contributed by atoms with Gasteiger partial charge in [0.15, 0.2) is 0 Å². The molecule has 2 aliphatic heterocycles. The van der Waals surface area contributed by atoms with Crippen molar-refractivity contribution in [3.63, 3.8) is 0 Å². The number of hydrogen-bond donors (Lipinski definition) is 0. The van der Waals surface area contributed by atoms with Crippen molar-refractivity contribution in [3.8, 4) is 0 Å². The first-order chi connectivity index (χ1) is 13.5. The Bertz CT molecular complexity index is 905. The number of rotatable bonds is 2. The van der Waals surface area contributed by atoms with Gasteiger partial charge in [-0.25, -0.2) is 9.97 Å². The minimum absolute atomic E-state index is 0.0822. The Morgan fingerprint density at radius 2 is 1.75 bits per heavy atom. The van der Waals surface area contributed by atoms with E-state index in [1.165, 1.54) is 5.56 Å². The van der Waals surface area contributed by atoms with Crippen molar-refractivity contribution in [1.29, 1.82) is 0 Å². The van der Waals surface area contributed by atoms with Crippen LogP contribution in [0.15, 0.2) is 30.3 Å². The summed E-state index contributed by atoms with van der Waals surface area (Å²) in [6, 6.07) is 9.83. The molecule has 0 unspecified atom stereocenters. The average molecular weight is 379 g/mol. The van der Waals surface area contributed by atoms with E-state index in [1.807, 2.05) is 39.8 Å². The zero-order valence-electron chi connectivity index (χ0n) is 16.4. The molecule has 7 heteroatoms. The van der Waals surface area contributed by atoms with Crippen LogP contribution in [0.5, 0.6) is 0 Å². The SMILES string of the molecule is CC(=O)N1CCN(c2nc(C)cc(C(=O)N3CCCc4ccccc43)n2)CC1. The Morgan fingerprint density at radius 3 is 2.50 bits per heavy atom. The molecule has 2 amide bonds. The van der Waals surface area contributed by atoms with Gasteiger partial charge in [0.05, 0.1) is 0 Å². The highest BCUT2D eigenvalue weighted by atomic mass is 16.2. The number of para-hydroxylation sites is 1. The van der Waals surface area contributed by atoms with Gasteiger partial charge in [-0.2, -0.15) is 0 Å². The Balaban J connectivity index is 1.58. The van der Waals surface area contributed by atoms with Crippen LogP contribution in [-0.2, 0) is 11.2 Å². The van der Waals surface area contributed by atoms with Crippen LogP contribution in [0.2, 0.25) is 0 Å². The Kier molecular flexibility index (Phi) is 4.98. The van der Waals surface area contributed by atoms with Gasteiger partial charge in [0, 0.05) is 51.0 Å². The maximum Gasteiger partial charge on any atom is 0.277 e. The molecular weight excluding hydrogens is 354 g/mol. The first-order valence-corrected chi connectivity index (χ1v) is 9.79. The topological polar surface area (TPSA) is 69.6 Å². The third kappa shape index (κ3) is 3.56. The largest absolute Gasteiger partial charge is 0.339 e. The first-order valence-electron chi connectivity index (χ1n) is 9.79. The number of carbonyl (C=O) groups is 2. The second-order valence-electron chi connectivity index (χ2n) is 7.38. The molecule has 1 fully saturated rings. The number of piperazine rings is 1. The number of anilines is 2. The lowest BCUT2D eigenvalue weighted by molar-refractivity contribution is -0.129. The normalized spacial score (nSPS) is 16.7. The molecule has 0 atom stereocenters. The van der Waals surface area contributed by atoms with Crippen LogP contribution < -0.4 is 9.80 Å². The van der Waals surface area contributed by atoms with E-state index < -0.39 is 0 Å². The second-order valence-corrected chi connectivity index (χ2v) is 7.38. The fourth-order valence-corrected chi connectivity index (χ4v) is 3.91. The second kappa shape index (κ2) is 7.58. The van der Waals surface area contributed by atoms with E-state index in [2.05, 4.69) is 16.0 Å². The zero-order chi connectivity index (χ0) is 19.7. The highest BCUT2D eigenvalue weighted by molar-refractivity contribution is 6.05. The lowest BCUT2D eigenvalue weighted by Gasteiger charge is -2.34. The highest BCUT2D eigenvalue weighted by Crippen LogP contribution is 2.28. The summed E-state index contributed by atoms with van der Waals surface area (Å²) in [7, 11) is 0. The summed E-state index contributed by atoms with van der Waals surface area (Å²) in [5, 5.41) is 0. The Morgan fingerprint density at radius 1 is 1.00 bits per heavy atom. The van der Waals surface area contributed by atoms with Crippen LogP contribution in [-0.4, -0.2) is 59.4 Å². The quantitative estimate of drug-likeness (QED) is 0.799. The van der Waals surface area contributed by atoms with E-state index in [0.29, 0.717) is 44.4 Å². The summed E-state index contributed by atoms with van der Waals surface area (Å²) < 4.78 is 0. The Labute approximate surface area is 165 Å². The van der Waals surface area contributed by atoms with E-state index in [1.54, 1.807) is 13.0 Å². The van der Waals surface area contributed by atoms with E-state index >= 15 is 0 Å². The third-order valence-electron chi connectivity index (χ3n) is 5.42. The molecule has 0 N–H and O–H groups in total. The minimum atomic E-state index is -0.0822. The number of amides is 2. The van der Waals surface area contributed by atoms with Gasteiger partial charge in [0.2, 0.25) is 11.9 Å². The molecule has 1 saturated heterocycles. The van der Waals surface area contributed by atoms with E-state index in [0.717, 1.165) is 24.2 Å². The summed E-state index contributed by atoms with van der Waals surface area (Å²) in [6.07, 6.45) is 1.95. The van der Waals surface area contributed by atoms with Crippen molar-refractivity contribution in [3.05, 3.63) is 47.3 Å². The van der Waals surface area contributed by atoms with Crippen LogP contribution in [0.3, 0.4) is 0 Å². The predicted octanol–water partition coefficient (Wildman–Crippen LogP) is 2.05. The molecule has 0 bridgehead atoms. The Hall–Kier alpha value is -2.96. The summed E-state index contributed by atoms with van der Waals surface area (Å²) in [5.74, 6) is 0.572. The number of benzene rings is 1. The van der Waals surface area contributed by atoms with Gasteiger partial charge in [0.1, 0.15) is 5.69 Å². The molecule has 1 aromatic heterocycles. The fourth-order valence-electron chi connectivity index (χ4n) is 3.91. The van der Waals surface area contributed by atoms with E-state index in [-0.39, 0.29) is 11.8 Å². The number of carbonyl (C=O) groups excluding carboxylic acids is 2. The monoisotopic (exact) mass is 379 g/mol. The molecule has 7 nitrogen and oxygen atoms in total. The molecule has 1 aromatic carbocycles. The lowest BCUT2D eigenvalue weighted by Crippen LogP contribution is -2.48. The third-order valence-corrected chi connectivity index (χ3v) is 5.42. The van der Waals surface area contributed by atoms with Gasteiger partial charge in [-0.15, -0.1) is 0 Å². The van der Waals surface area contributed by atoms with Crippen molar-refractivity contribution in [2.24, 2.45) is 0 Å². The summed E-state index contributed by atoms with van der Waals surface area (Å²) in [6.45, 7) is 6.81. The summed E-state index contributed by atoms with van der Waals surface area (Å²) in [5.41, 5.74) is 3.38. The average Bonchev–Trinajstić information content (AvgIpc) is 2.72. The van der Waals surface area contributed by atoms with Crippen molar-refractivity contribution in [2.45, 2.75) is 26.7 Å². The standard InChI is InChI=1S/C21H25N5O2/c1-15-14-18(20(28)26-9-5-7-17-6-3-4-8-19(17)26)23-21(22-15)25-12-10-24(11-13-25)16(2)27/h3-4,6,8,14H,5,7,9-13H2,1-2H3. The molecule has 28 heavy (non-hydrogen) atoms. The predicted molar refractivity (Wildman–Crippen MR) is 108 cm³/mol. The smallest absolute Gasteiger partial charge is 0.277 e. The van der Waals surface area contributed by atoms with Crippen LogP contribution >= 0.6 is 0 Å². The summed E-state index contributed by atoms with van der Waals surface area (Å²) >= 11 is 0. The van der Waals surface area contributed by atoms with Gasteiger partial charge in [-0.1, -0.05) is 18.2 Å². The molecule has 2 aromatic rings. The van der Waals surface area contributed by atoms with Gasteiger partial charge in [-0.05, 0) is 37.5 Å². The first kappa shape index (κ1) is 18.4. The molecule has 2 aliphatic rings. The number of fused-ring (bicyclic) bond motifs is 1. The van der Waals surface area contributed by atoms with E-state index in [4.69, 9.17) is 0 Å². The maximum atomic E-state index is 13.3. The number of nitrogens with zero attached hydrogens (tertiary/aromatic N) is 5. The van der Waals surface area contributed by atoms with Gasteiger partial charge in [-0.3, -0.25) is 9.59 Å². The zero-order valence-corrected chi connectivity index (χ0v) is 16.4. The van der Waals surface area contributed by atoms with Crippen molar-refractivity contribution in [2.75, 3.05) is 42.5 Å². The number of aromatic nitrogens is 2. The minimum Gasteiger partial charge on any atom is -0.339 e. The molecule has 146 valence electrons. The molecular formula is C21H25N5O2. The van der Waals surface area contributed by atoms with Crippen LogP contribution in [0.4, 0.5) is 11.6 Å².